The minimum absolute atomic E-state index is 0.0607. The predicted octanol–water partition coefficient (Wildman–Crippen LogP) is 2.93. The lowest BCUT2D eigenvalue weighted by molar-refractivity contribution is 0.580. The van der Waals surface area contributed by atoms with Crippen molar-refractivity contribution < 1.29 is 8.42 Å². The summed E-state index contributed by atoms with van der Waals surface area (Å²) in [6, 6.07) is 12.6. The van der Waals surface area contributed by atoms with Gasteiger partial charge in [-0.15, -0.1) is 0 Å². The molecule has 3 rings (SSSR count). The Kier molecular flexibility index (Phi) is 4.49. The van der Waals surface area contributed by atoms with Gasteiger partial charge in [0.1, 0.15) is 0 Å². The molecule has 3 aromatic rings. The molecule has 6 heteroatoms. The van der Waals surface area contributed by atoms with Gasteiger partial charge in [-0.25, -0.2) is 13.1 Å². The summed E-state index contributed by atoms with van der Waals surface area (Å²) in [5.74, 6) is 0. The largest absolute Gasteiger partial charge is 0.322 e. The van der Waals surface area contributed by atoms with E-state index in [4.69, 9.17) is 0 Å². The van der Waals surface area contributed by atoms with Gasteiger partial charge in [0.15, 0.2) is 0 Å². The molecule has 0 aliphatic heterocycles. The molecule has 0 bridgehead atoms. The first-order chi connectivity index (χ1) is 11.8. The summed E-state index contributed by atoms with van der Waals surface area (Å²) in [6.07, 6.45) is 0. The van der Waals surface area contributed by atoms with Gasteiger partial charge in [0, 0.05) is 17.6 Å². The molecule has 25 heavy (non-hydrogen) atoms. The molecule has 0 fully saturated rings. The number of rotatable bonds is 4. The SMILES string of the molecule is Cc1ccc(S(=O)(=O)NCc2cc3ccc(C)cc3[nH]c2=O)c(C)c1. The van der Waals surface area contributed by atoms with Crippen LogP contribution in [0.3, 0.4) is 0 Å². The Morgan fingerprint density at radius 2 is 1.64 bits per heavy atom. The summed E-state index contributed by atoms with van der Waals surface area (Å²) in [6.45, 7) is 5.55. The van der Waals surface area contributed by atoms with E-state index in [-0.39, 0.29) is 17.0 Å². The van der Waals surface area contributed by atoms with Crippen molar-refractivity contribution in [3.05, 3.63) is 75.1 Å². The van der Waals surface area contributed by atoms with E-state index in [2.05, 4.69) is 9.71 Å². The number of hydrogen-bond donors (Lipinski definition) is 2. The van der Waals surface area contributed by atoms with Crippen LogP contribution < -0.4 is 10.3 Å². The maximum atomic E-state index is 12.5. The average molecular weight is 356 g/mol. The van der Waals surface area contributed by atoms with Gasteiger partial charge in [-0.05, 0) is 55.5 Å². The first kappa shape index (κ1) is 17.4. The number of benzene rings is 2. The van der Waals surface area contributed by atoms with Crippen LogP contribution >= 0.6 is 0 Å². The molecular formula is C19H20N2O3S. The van der Waals surface area contributed by atoms with Crippen LogP contribution in [-0.2, 0) is 16.6 Å². The van der Waals surface area contributed by atoms with Crippen LogP contribution in [0.4, 0.5) is 0 Å². The van der Waals surface area contributed by atoms with Crippen molar-refractivity contribution in [1.29, 1.82) is 0 Å². The van der Waals surface area contributed by atoms with Crippen molar-refractivity contribution in [1.82, 2.24) is 9.71 Å². The standard InChI is InChI=1S/C19H20N2O3S/c1-12-5-7-18(14(3)8-12)25(23,24)20-11-16-10-15-6-4-13(2)9-17(15)21-19(16)22/h4-10,20H,11H2,1-3H3,(H,21,22). The Hall–Kier alpha value is -2.44. The zero-order chi connectivity index (χ0) is 18.2. The Balaban J connectivity index is 1.90. The van der Waals surface area contributed by atoms with Gasteiger partial charge in [-0.3, -0.25) is 4.79 Å². The first-order valence-corrected chi connectivity index (χ1v) is 9.44. The van der Waals surface area contributed by atoms with Crippen LogP contribution in [0.2, 0.25) is 0 Å². The third-order valence-electron chi connectivity index (χ3n) is 4.15. The van der Waals surface area contributed by atoms with E-state index in [1.807, 2.05) is 38.1 Å². The summed E-state index contributed by atoms with van der Waals surface area (Å²) in [5, 5.41) is 0.867. The van der Waals surface area contributed by atoms with E-state index in [1.54, 1.807) is 25.1 Å². The molecule has 0 aliphatic carbocycles. The molecule has 1 aromatic heterocycles. The minimum Gasteiger partial charge on any atom is -0.322 e. The lowest BCUT2D eigenvalue weighted by Gasteiger charge is -2.10. The number of nitrogens with one attached hydrogen (secondary N) is 2. The maximum absolute atomic E-state index is 12.5. The highest BCUT2D eigenvalue weighted by molar-refractivity contribution is 7.89. The van der Waals surface area contributed by atoms with Crippen LogP contribution in [0.15, 0.2) is 52.2 Å². The smallest absolute Gasteiger partial charge is 0.252 e. The predicted molar refractivity (Wildman–Crippen MR) is 99.2 cm³/mol. The van der Waals surface area contributed by atoms with E-state index < -0.39 is 10.0 Å². The second kappa shape index (κ2) is 6.46. The number of sulfonamides is 1. The molecule has 0 unspecified atom stereocenters. The van der Waals surface area contributed by atoms with Crippen molar-refractivity contribution in [3.63, 3.8) is 0 Å². The van der Waals surface area contributed by atoms with Gasteiger partial charge in [0.25, 0.3) is 5.56 Å². The van der Waals surface area contributed by atoms with Gasteiger partial charge < -0.3 is 4.98 Å². The Bertz CT molecular complexity index is 1120. The number of pyridine rings is 1. The van der Waals surface area contributed by atoms with Crippen molar-refractivity contribution in [2.45, 2.75) is 32.2 Å². The van der Waals surface area contributed by atoms with Crippen molar-refractivity contribution in [3.8, 4) is 0 Å². The topological polar surface area (TPSA) is 79.0 Å². The Morgan fingerprint density at radius 3 is 2.36 bits per heavy atom. The van der Waals surface area contributed by atoms with Gasteiger partial charge in [-0.1, -0.05) is 29.8 Å². The monoisotopic (exact) mass is 356 g/mol. The number of H-pyrrole nitrogens is 1. The minimum atomic E-state index is -3.69. The van der Waals surface area contributed by atoms with E-state index in [1.165, 1.54) is 0 Å². The first-order valence-electron chi connectivity index (χ1n) is 7.96. The zero-order valence-corrected chi connectivity index (χ0v) is 15.2. The second-order valence-corrected chi connectivity index (χ2v) is 8.04. The fourth-order valence-corrected chi connectivity index (χ4v) is 4.07. The molecule has 0 spiro atoms. The molecule has 130 valence electrons. The van der Waals surface area contributed by atoms with Gasteiger partial charge in [0.05, 0.1) is 4.90 Å². The molecule has 2 aromatic carbocycles. The van der Waals surface area contributed by atoms with Crippen molar-refractivity contribution >= 4 is 20.9 Å². The normalized spacial score (nSPS) is 11.8. The third kappa shape index (κ3) is 3.65. The zero-order valence-electron chi connectivity index (χ0n) is 14.4. The number of aromatic amines is 1. The third-order valence-corrected chi connectivity index (χ3v) is 5.71. The van der Waals surface area contributed by atoms with Gasteiger partial charge >= 0.3 is 0 Å². The quantitative estimate of drug-likeness (QED) is 0.754. The lowest BCUT2D eigenvalue weighted by atomic mass is 10.1. The number of hydrogen-bond acceptors (Lipinski definition) is 3. The molecule has 0 radical (unpaired) electrons. The summed E-state index contributed by atoms with van der Waals surface area (Å²) < 4.78 is 27.6. The molecule has 0 aliphatic rings. The molecule has 0 atom stereocenters. The Labute approximate surface area is 146 Å². The maximum Gasteiger partial charge on any atom is 0.252 e. The second-order valence-electron chi connectivity index (χ2n) is 6.31. The van der Waals surface area contributed by atoms with Gasteiger partial charge in [0.2, 0.25) is 10.0 Å². The van der Waals surface area contributed by atoms with Gasteiger partial charge in [-0.2, -0.15) is 0 Å². The van der Waals surface area contributed by atoms with Crippen molar-refractivity contribution in [2.24, 2.45) is 0 Å². The summed E-state index contributed by atoms with van der Waals surface area (Å²) in [4.78, 5) is 15.3. The van der Waals surface area contributed by atoms with Crippen molar-refractivity contribution in [2.75, 3.05) is 0 Å². The van der Waals surface area contributed by atoms with Crippen LogP contribution in [0, 0.1) is 20.8 Å². The van der Waals surface area contributed by atoms with Crippen LogP contribution in [0.25, 0.3) is 10.9 Å². The average Bonchev–Trinajstić information content (AvgIpc) is 2.52. The highest BCUT2D eigenvalue weighted by Crippen LogP contribution is 2.17. The molecule has 0 amide bonds. The molecule has 5 nitrogen and oxygen atoms in total. The lowest BCUT2D eigenvalue weighted by Crippen LogP contribution is -2.27. The van der Waals surface area contributed by atoms with Crippen LogP contribution in [0.5, 0.6) is 0 Å². The fraction of sp³-hybridized carbons (Fsp3) is 0.211. The van der Waals surface area contributed by atoms with Crippen LogP contribution in [-0.4, -0.2) is 13.4 Å². The molecular weight excluding hydrogens is 336 g/mol. The molecule has 2 N–H and O–H groups in total. The number of aromatic nitrogens is 1. The summed E-state index contributed by atoms with van der Waals surface area (Å²) in [7, 11) is -3.69. The number of fused-ring (bicyclic) bond motifs is 1. The molecule has 0 saturated heterocycles. The van der Waals surface area contributed by atoms with E-state index in [9.17, 15) is 13.2 Å². The highest BCUT2D eigenvalue weighted by atomic mass is 32.2. The van der Waals surface area contributed by atoms with Crippen LogP contribution in [0.1, 0.15) is 22.3 Å². The van der Waals surface area contributed by atoms with E-state index >= 15 is 0 Å². The fourth-order valence-electron chi connectivity index (χ4n) is 2.84. The van der Waals surface area contributed by atoms with E-state index in [0.717, 1.165) is 22.0 Å². The molecule has 1 heterocycles. The highest BCUT2D eigenvalue weighted by Gasteiger charge is 2.17. The number of aryl methyl sites for hydroxylation is 3. The summed E-state index contributed by atoms with van der Waals surface area (Å²) >= 11 is 0. The Morgan fingerprint density at radius 1 is 0.960 bits per heavy atom. The summed E-state index contributed by atoms with van der Waals surface area (Å²) in [5.41, 5.74) is 3.55. The van der Waals surface area contributed by atoms with E-state index in [0.29, 0.717) is 11.1 Å². The molecule has 0 saturated carbocycles.